The molecule has 6 heteroatoms. The summed E-state index contributed by atoms with van der Waals surface area (Å²) in [6, 6.07) is 23.8. The van der Waals surface area contributed by atoms with Crippen molar-refractivity contribution in [3.8, 4) is 5.75 Å². The predicted molar refractivity (Wildman–Crippen MR) is 123 cm³/mol. The molecule has 2 amide bonds. The average molecular weight is 431 g/mol. The van der Waals surface area contributed by atoms with Crippen molar-refractivity contribution in [1.29, 1.82) is 0 Å². The summed E-state index contributed by atoms with van der Waals surface area (Å²) in [6.45, 7) is 1.61. The first-order valence-electron chi connectivity index (χ1n) is 10.8. The first kappa shape index (κ1) is 21.6. The third-order valence-electron chi connectivity index (χ3n) is 5.28. The van der Waals surface area contributed by atoms with Crippen molar-refractivity contribution in [3.63, 3.8) is 0 Å². The predicted octanol–water partition coefficient (Wildman–Crippen LogP) is 4.43. The minimum Gasteiger partial charge on any atom is -0.489 e. The Bertz CT molecular complexity index is 1060. The number of carbonyl (C=O) groups excluding carboxylic acids is 2. The van der Waals surface area contributed by atoms with Gasteiger partial charge in [0.25, 0.3) is 11.8 Å². The van der Waals surface area contributed by atoms with Gasteiger partial charge in [-0.05, 0) is 48.7 Å². The van der Waals surface area contributed by atoms with E-state index in [1.54, 1.807) is 42.5 Å². The molecule has 1 atom stereocenters. The van der Waals surface area contributed by atoms with Gasteiger partial charge in [-0.3, -0.25) is 9.59 Å². The van der Waals surface area contributed by atoms with Crippen molar-refractivity contribution < 1.29 is 19.1 Å². The molecule has 6 nitrogen and oxygen atoms in total. The molecule has 0 bridgehead atoms. The molecule has 0 aliphatic carbocycles. The SMILES string of the molecule is O=C(Nc1ccccc1C(=O)NC[C@@H]1CCCO1)c1cccc(OCc2ccccc2)c1. The lowest BCUT2D eigenvalue weighted by Crippen LogP contribution is -2.32. The largest absolute Gasteiger partial charge is 0.489 e. The van der Waals surface area contributed by atoms with Crippen molar-refractivity contribution in [1.82, 2.24) is 5.32 Å². The molecule has 1 aliphatic rings. The van der Waals surface area contributed by atoms with Gasteiger partial charge in [0.1, 0.15) is 12.4 Å². The standard InChI is InChI=1S/C26H26N2O4/c29-25(20-10-6-11-21(16-20)32-18-19-8-2-1-3-9-19)28-24-14-5-4-13-23(24)26(30)27-17-22-12-7-15-31-22/h1-6,8-11,13-14,16,22H,7,12,15,17-18H2,(H,27,30)(H,28,29)/t22-/m0/s1. The average Bonchev–Trinajstić information content (AvgIpc) is 3.36. The molecule has 0 radical (unpaired) electrons. The van der Waals surface area contributed by atoms with Gasteiger partial charge in [0.15, 0.2) is 0 Å². The summed E-state index contributed by atoms with van der Waals surface area (Å²) in [5.74, 6) is 0.0509. The van der Waals surface area contributed by atoms with Crippen molar-refractivity contribution in [2.75, 3.05) is 18.5 Å². The van der Waals surface area contributed by atoms with E-state index in [0.717, 1.165) is 25.0 Å². The quantitative estimate of drug-likeness (QED) is 0.554. The number of benzene rings is 3. The van der Waals surface area contributed by atoms with E-state index in [9.17, 15) is 9.59 Å². The van der Waals surface area contributed by atoms with Crippen LogP contribution in [0.5, 0.6) is 5.75 Å². The lowest BCUT2D eigenvalue weighted by Gasteiger charge is -2.14. The van der Waals surface area contributed by atoms with Gasteiger partial charge in [-0.15, -0.1) is 0 Å². The fourth-order valence-corrected chi connectivity index (χ4v) is 3.56. The summed E-state index contributed by atoms with van der Waals surface area (Å²) >= 11 is 0. The first-order chi connectivity index (χ1) is 15.7. The van der Waals surface area contributed by atoms with E-state index >= 15 is 0 Å². The van der Waals surface area contributed by atoms with Gasteiger partial charge in [0, 0.05) is 18.7 Å². The Balaban J connectivity index is 1.40. The third-order valence-corrected chi connectivity index (χ3v) is 5.28. The second kappa shape index (κ2) is 10.6. The minimum atomic E-state index is -0.311. The lowest BCUT2D eigenvalue weighted by molar-refractivity contribution is 0.0858. The molecule has 3 aromatic carbocycles. The zero-order valence-electron chi connectivity index (χ0n) is 17.8. The number of para-hydroxylation sites is 1. The van der Waals surface area contributed by atoms with E-state index in [0.29, 0.717) is 35.7 Å². The van der Waals surface area contributed by atoms with Crippen molar-refractivity contribution in [2.24, 2.45) is 0 Å². The van der Waals surface area contributed by atoms with Gasteiger partial charge in [-0.25, -0.2) is 0 Å². The van der Waals surface area contributed by atoms with Crippen molar-refractivity contribution >= 4 is 17.5 Å². The Morgan fingerprint density at radius 2 is 1.75 bits per heavy atom. The maximum absolute atomic E-state index is 12.9. The van der Waals surface area contributed by atoms with Crippen LogP contribution in [0.1, 0.15) is 39.1 Å². The van der Waals surface area contributed by atoms with Gasteiger partial charge in [0.2, 0.25) is 0 Å². The number of nitrogens with one attached hydrogen (secondary N) is 2. The molecule has 32 heavy (non-hydrogen) atoms. The van der Waals surface area contributed by atoms with Crippen LogP contribution >= 0.6 is 0 Å². The molecule has 1 aliphatic heterocycles. The minimum absolute atomic E-state index is 0.0549. The number of carbonyl (C=O) groups is 2. The van der Waals surface area contributed by atoms with Crippen LogP contribution < -0.4 is 15.4 Å². The zero-order chi connectivity index (χ0) is 22.2. The first-order valence-corrected chi connectivity index (χ1v) is 10.8. The van der Waals surface area contributed by atoms with Crippen LogP contribution in [-0.2, 0) is 11.3 Å². The van der Waals surface area contributed by atoms with Crippen LogP contribution in [-0.4, -0.2) is 31.1 Å². The normalized spacial score (nSPS) is 15.2. The molecule has 0 spiro atoms. The van der Waals surface area contributed by atoms with Gasteiger partial charge < -0.3 is 20.1 Å². The number of rotatable bonds is 8. The van der Waals surface area contributed by atoms with Gasteiger partial charge in [0.05, 0.1) is 17.4 Å². The van der Waals surface area contributed by atoms with Crippen LogP contribution in [0.3, 0.4) is 0 Å². The van der Waals surface area contributed by atoms with Crippen molar-refractivity contribution in [2.45, 2.75) is 25.6 Å². The number of ether oxygens (including phenoxy) is 2. The molecule has 1 heterocycles. The Kier molecular flexibility index (Phi) is 7.15. The molecule has 0 unspecified atom stereocenters. The maximum atomic E-state index is 12.9. The van der Waals surface area contributed by atoms with E-state index < -0.39 is 0 Å². The highest BCUT2D eigenvalue weighted by Crippen LogP contribution is 2.20. The summed E-state index contributed by atoms with van der Waals surface area (Å²) < 4.78 is 11.4. The molecular formula is C26H26N2O4. The monoisotopic (exact) mass is 430 g/mol. The smallest absolute Gasteiger partial charge is 0.255 e. The topological polar surface area (TPSA) is 76.7 Å². The van der Waals surface area contributed by atoms with Crippen LogP contribution in [0.15, 0.2) is 78.9 Å². The van der Waals surface area contributed by atoms with Crippen molar-refractivity contribution in [3.05, 3.63) is 95.6 Å². The van der Waals surface area contributed by atoms with Crippen LogP contribution in [0, 0.1) is 0 Å². The Labute approximate surface area is 187 Å². The highest BCUT2D eigenvalue weighted by atomic mass is 16.5. The van der Waals surface area contributed by atoms with Crippen LogP contribution in [0.25, 0.3) is 0 Å². The molecule has 0 saturated carbocycles. The number of anilines is 1. The molecule has 3 aromatic rings. The summed E-state index contributed by atoms with van der Waals surface area (Å²) in [6.07, 6.45) is 2.02. The van der Waals surface area contributed by atoms with E-state index in [2.05, 4.69) is 10.6 Å². The second-order valence-electron chi connectivity index (χ2n) is 7.65. The number of hydrogen-bond donors (Lipinski definition) is 2. The molecule has 1 fully saturated rings. The Morgan fingerprint density at radius 3 is 2.56 bits per heavy atom. The Hall–Kier alpha value is -3.64. The lowest BCUT2D eigenvalue weighted by atomic mass is 10.1. The summed E-state index contributed by atoms with van der Waals surface area (Å²) in [5.41, 5.74) is 2.36. The van der Waals surface area contributed by atoms with E-state index in [1.807, 2.05) is 36.4 Å². The highest BCUT2D eigenvalue weighted by Gasteiger charge is 2.19. The van der Waals surface area contributed by atoms with Gasteiger partial charge in [-0.2, -0.15) is 0 Å². The second-order valence-corrected chi connectivity index (χ2v) is 7.65. The van der Waals surface area contributed by atoms with Crippen LogP contribution in [0.2, 0.25) is 0 Å². The maximum Gasteiger partial charge on any atom is 0.255 e. The van der Waals surface area contributed by atoms with Gasteiger partial charge >= 0.3 is 0 Å². The number of amides is 2. The molecule has 0 aromatic heterocycles. The molecule has 1 saturated heterocycles. The highest BCUT2D eigenvalue weighted by molar-refractivity contribution is 6.09. The van der Waals surface area contributed by atoms with Gasteiger partial charge in [-0.1, -0.05) is 48.5 Å². The molecule has 4 rings (SSSR count). The van der Waals surface area contributed by atoms with E-state index in [-0.39, 0.29) is 17.9 Å². The molecular weight excluding hydrogens is 404 g/mol. The summed E-state index contributed by atoms with van der Waals surface area (Å²) in [4.78, 5) is 25.5. The molecule has 2 N–H and O–H groups in total. The van der Waals surface area contributed by atoms with Crippen LogP contribution in [0.4, 0.5) is 5.69 Å². The van der Waals surface area contributed by atoms with E-state index in [1.165, 1.54) is 0 Å². The fraction of sp³-hybridized carbons (Fsp3) is 0.231. The number of hydrogen-bond acceptors (Lipinski definition) is 4. The molecule has 164 valence electrons. The summed E-state index contributed by atoms with van der Waals surface area (Å²) in [7, 11) is 0. The van der Waals surface area contributed by atoms with E-state index in [4.69, 9.17) is 9.47 Å². The Morgan fingerprint density at radius 1 is 0.938 bits per heavy atom. The zero-order valence-corrected chi connectivity index (χ0v) is 17.8. The summed E-state index contributed by atoms with van der Waals surface area (Å²) in [5, 5.41) is 5.75. The fourth-order valence-electron chi connectivity index (χ4n) is 3.56. The third kappa shape index (κ3) is 5.74.